The molecule has 0 fully saturated rings. The minimum atomic E-state index is -3.69. The fourth-order valence-electron chi connectivity index (χ4n) is 3.25. The standard InChI is InChI=1S/C21H25N3O2S/c1-14-8-6-7-9-19(14)12-24-13-20(11-22-24)23-27(25,26)21-17(4)15(2)10-16(3)18(21)5/h6-11,13,23H,12H2,1-5H3. The maximum Gasteiger partial charge on any atom is 0.262 e. The number of nitrogens with zero attached hydrogens (tertiary/aromatic N) is 2. The van der Waals surface area contributed by atoms with Crippen LogP contribution < -0.4 is 4.72 Å². The SMILES string of the molecule is Cc1ccccc1Cn1cc(NS(=O)(=O)c2c(C)c(C)cc(C)c2C)cn1. The average molecular weight is 384 g/mol. The molecule has 1 aromatic heterocycles. The zero-order chi connectivity index (χ0) is 19.8. The van der Waals surface area contributed by atoms with Crippen molar-refractivity contribution in [3.63, 3.8) is 0 Å². The molecule has 0 bridgehead atoms. The predicted molar refractivity (Wildman–Crippen MR) is 109 cm³/mol. The van der Waals surface area contributed by atoms with Crippen molar-refractivity contribution in [3.8, 4) is 0 Å². The van der Waals surface area contributed by atoms with Gasteiger partial charge in [-0.25, -0.2) is 8.42 Å². The van der Waals surface area contributed by atoms with Crippen LogP contribution in [0.15, 0.2) is 47.6 Å². The second-order valence-electron chi connectivity index (χ2n) is 7.05. The van der Waals surface area contributed by atoms with E-state index < -0.39 is 10.0 Å². The van der Waals surface area contributed by atoms with E-state index >= 15 is 0 Å². The number of anilines is 1. The van der Waals surface area contributed by atoms with E-state index in [4.69, 9.17) is 0 Å². The molecule has 3 aromatic rings. The molecule has 0 radical (unpaired) electrons. The van der Waals surface area contributed by atoms with Gasteiger partial charge in [0.25, 0.3) is 10.0 Å². The molecule has 27 heavy (non-hydrogen) atoms. The third-order valence-electron chi connectivity index (χ3n) is 5.04. The molecule has 0 saturated carbocycles. The summed E-state index contributed by atoms with van der Waals surface area (Å²) in [5, 5.41) is 4.30. The van der Waals surface area contributed by atoms with Crippen LogP contribution in [0.3, 0.4) is 0 Å². The molecule has 0 amide bonds. The summed E-state index contributed by atoms with van der Waals surface area (Å²) < 4.78 is 30.5. The summed E-state index contributed by atoms with van der Waals surface area (Å²) in [4.78, 5) is 0.353. The molecule has 0 spiro atoms. The molecule has 1 N–H and O–H groups in total. The van der Waals surface area contributed by atoms with Gasteiger partial charge in [-0.05, 0) is 68.0 Å². The summed E-state index contributed by atoms with van der Waals surface area (Å²) in [5.74, 6) is 0. The summed E-state index contributed by atoms with van der Waals surface area (Å²) >= 11 is 0. The molecule has 0 aliphatic carbocycles. The Hall–Kier alpha value is -2.60. The first-order valence-corrected chi connectivity index (χ1v) is 10.3. The number of aryl methyl sites for hydroxylation is 3. The van der Waals surface area contributed by atoms with E-state index in [1.807, 2.05) is 65.0 Å². The van der Waals surface area contributed by atoms with Crippen LogP contribution in [0.5, 0.6) is 0 Å². The number of hydrogen-bond acceptors (Lipinski definition) is 3. The molecule has 6 heteroatoms. The van der Waals surface area contributed by atoms with Gasteiger partial charge < -0.3 is 0 Å². The molecule has 0 saturated heterocycles. The molecule has 5 nitrogen and oxygen atoms in total. The minimum absolute atomic E-state index is 0.353. The molecular formula is C21H25N3O2S. The third kappa shape index (κ3) is 3.90. The predicted octanol–water partition coefficient (Wildman–Crippen LogP) is 4.27. The number of nitrogens with one attached hydrogen (secondary N) is 1. The Morgan fingerprint density at radius 3 is 2.22 bits per heavy atom. The molecule has 3 rings (SSSR count). The van der Waals surface area contributed by atoms with E-state index in [1.165, 1.54) is 5.56 Å². The van der Waals surface area contributed by atoms with Gasteiger partial charge >= 0.3 is 0 Å². The summed E-state index contributed by atoms with van der Waals surface area (Å²) in [7, 11) is -3.69. The van der Waals surface area contributed by atoms with Crippen LogP contribution in [0.2, 0.25) is 0 Å². The quantitative estimate of drug-likeness (QED) is 0.715. The normalized spacial score (nSPS) is 11.6. The van der Waals surface area contributed by atoms with Gasteiger partial charge in [0.2, 0.25) is 0 Å². The lowest BCUT2D eigenvalue weighted by Gasteiger charge is -2.16. The van der Waals surface area contributed by atoms with Crippen molar-refractivity contribution in [2.75, 3.05) is 4.72 Å². The van der Waals surface area contributed by atoms with Crippen molar-refractivity contribution < 1.29 is 8.42 Å². The highest BCUT2D eigenvalue weighted by Crippen LogP contribution is 2.27. The van der Waals surface area contributed by atoms with E-state index in [0.29, 0.717) is 17.1 Å². The van der Waals surface area contributed by atoms with E-state index in [1.54, 1.807) is 17.1 Å². The lowest BCUT2D eigenvalue weighted by Crippen LogP contribution is -2.16. The Bertz CT molecular complexity index is 1070. The number of rotatable bonds is 5. The largest absolute Gasteiger partial charge is 0.276 e. The van der Waals surface area contributed by atoms with Gasteiger partial charge in [0, 0.05) is 6.20 Å². The Balaban J connectivity index is 1.88. The first-order valence-electron chi connectivity index (χ1n) is 8.86. The lowest BCUT2D eigenvalue weighted by atomic mass is 10.0. The number of benzene rings is 2. The van der Waals surface area contributed by atoms with Crippen LogP contribution in [0.25, 0.3) is 0 Å². The first kappa shape index (κ1) is 19.2. The average Bonchev–Trinajstić information content (AvgIpc) is 3.01. The Morgan fingerprint density at radius 1 is 0.963 bits per heavy atom. The molecular weight excluding hydrogens is 358 g/mol. The highest BCUT2D eigenvalue weighted by molar-refractivity contribution is 7.92. The second kappa shape index (κ2) is 7.19. The van der Waals surface area contributed by atoms with Crippen molar-refractivity contribution in [2.24, 2.45) is 0 Å². The highest BCUT2D eigenvalue weighted by Gasteiger charge is 2.22. The van der Waals surface area contributed by atoms with Crippen LogP contribution >= 0.6 is 0 Å². The summed E-state index contributed by atoms with van der Waals surface area (Å²) in [6.45, 7) is 10.2. The summed E-state index contributed by atoms with van der Waals surface area (Å²) in [5.41, 5.74) is 6.27. The van der Waals surface area contributed by atoms with Gasteiger partial charge in [-0.3, -0.25) is 9.40 Å². The smallest absolute Gasteiger partial charge is 0.262 e. The zero-order valence-corrected chi connectivity index (χ0v) is 17.2. The summed E-state index contributed by atoms with van der Waals surface area (Å²) in [6, 6.07) is 10.1. The van der Waals surface area contributed by atoms with Crippen molar-refractivity contribution in [1.29, 1.82) is 0 Å². The number of hydrogen-bond donors (Lipinski definition) is 1. The van der Waals surface area contributed by atoms with Crippen molar-refractivity contribution in [2.45, 2.75) is 46.1 Å². The molecule has 142 valence electrons. The van der Waals surface area contributed by atoms with Crippen LogP contribution in [-0.4, -0.2) is 18.2 Å². The Kier molecular flexibility index (Phi) is 5.11. The van der Waals surface area contributed by atoms with E-state index in [9.17, 15) is 8.42 Å². The topological polar surface area (TPSA) is 64.0 Å². The van der Waals surface area contributed by atoms with Crippen molar-refractivity contribution in [3.05, 3.63) is 76.1 Å². The maximum absolute atomic E-state index is 13.0. The third-order valence-corrected chi connectivity index (χ3v) is 6.70. The van der Waals surface area contributed by atoms with Gasteiger partial charge in [-0.15, -0.1) is 0 Å². The molecule has 0 aliphatic rings. The van der Waals surface area contributed by atoms with Gasteiger partial charge in [-0.2, -0.15) is 5.10 Å². The molecule has 1 heterocycles. The monoisotopic (exact) mass is 383 g/mol. The number of aromatic nitrogens is 2. The van der Waals surface area contributed by atoms with Crippen LogP contribution in [-0.2, 0) is 16.6 Å². The van der Waals surface area contributed by atoms with Crippen LogP contribution in [0.4, 0.5) is 5.69 Å². The van der Waals surface area contributed by atoms with Crippen LogP contribution in [0.1, 0.15) is 33.4 Å². The maximum atomic E-state index is 13.0. The zero-order valence-electron chi connectivity index (χ0n) is 16.4. The first-order chi connectivity index (χ1) is 12.7. The van der Waals surface area contributed by atoms with Crippen LogP contribution in [0, 0.1) is 34.6 Å². The van der Waals surface area contributed by atoms with Crippen molar-refractivity contribution in [1.82, 2.24) is 9.78 Å². The van der Waals surface area contributed by atoms with Gasteiger partial charge in [0.15, 0.2) is 0 Å². The molecule has 2 aromatic carbocycles. The lowest BCUT2D eigenvalue weighted by molar-refractivity contribution is 0.599. The minimum Gasteiger partial charge on any atom is -0.276 e. The number of sulfonamides is 1. The van der Waals surface area contributed by atoms with E-state index in [0.717, 1.165) is 27.8 Å². The van der Waals surface area contributed by atoms with Gasteiger partial charge in [0.1, 0.15) is 0 Å². The fraction of sp³-hybridized carbons (Fsp3) is 0.286. The molecule has 0 atom stereocenters. The van der Waals surface area contributed by atoms with E-state index in [2.05, 4.69) is 9.82 Å². The Labute approximate surface area is 161 Å². The van der Waals surface area contributed by atoms with Crippen molar-refractivity contribution >= 4 is 15.7 Å². The summed E-state index contributed by atoms with van der Waals surface area (Å²) in [6.07, 6.45) is 3.26. The Morgan fingerprint density at radius 2 is 1.59 bits per heavy atom. The van der Waals surface area contributed by atoms with Gasteiger partial charge in [0.05, 0.1) is 23.3 Å². The van der Waals surface area contributed by atoms with Gasteiger partial charge in [-0.1, -0.05) is 30.3 Å². The molecule has 0 aliphatic heterocycles. The van der Waals surface area contributed by atoms with E-state index in [-0.39, 0.29) is 0 Å². The fourth-order valence-corrected chi connectivity index (χ4v) is 4.90. The second-order valence-corrected chi connectivity index (χ2v) is 8.67. The highest BCUT2D eigenvalue weighted by atomic mass is 32.2. The molecule has 0 unspecified atom stereocenters.